The highest BCUT2D eigenvalue weighted by Gasteiger charge is 2.10. The standard InChI is InChI=1S/C13H21NO3/c1-4-7-17-9-11(14)10-5-6-12(15-2)13(8-10)16-3/h5-6,8,11H,4,7,9,14H2,1-3H3. The quantitative estimate of drug-likeness (QED) is 0.741. The monoisotopic (exact) mass is 239 g/mol. The van der Waals surface area contributed by atoms with E-state index >= 15 is 0 Å². The van der Waals surface area contributed by atoms with Crippen molar-refractivity contribution in [2.45, 2.75) is 19.4 Å². The lowest BCUT2D eigenvalue weighted by molar-refractivity contribution is 0.121. The van der Waals surface area contributed by atoms with Gasteiger partial charge in [-0.2, -0.15) is 0 Å². The topological polar surface area (TPSA) is 53.7 Å². The Balaban J connectivity index is 2.70. The van der Waals surface area contributed by atoms with Crippen LogP contribution in [-0.2, 0) is 4.74 Å². The van der Waals surface area contributed by atoms with Crippen molar-refractivity contribution in [2.75, 3.05) is 27.4 Å². The molecular weight excluding hydrogens is 218 g/mol. The summed E-state index contributed by atoms with van der Waals surface area (Å²) in [6, 6.07) is 5.54. The van der Waals surface area contributed by atoms with Crippen LogP contribution in [0.3, 0.4) is 0 Å². The Bertz CT molecular complexity index is 341. The van der Waals surface area contributed by atoms with Crippen LogP contribution in [0.25, 0.3) is 0 Å². The van der Waals surface area contributed by atoms with E-state index in [1.807, 2.05) is 18.2 Å². The Morgan fingerprint density at radius 3 is 2.47 bits per heavy atom. The summed E-state index contributed by atoms with van der Waals surface area (Å²) in [5, 5.41) is 0. The molecule has 0 fully saturated rings. The molecule has 0 bridgehead atoms. The van der Waals surface area contributed by atoms with Crippen LogP contribution in [0.2, 0.25) is 0 Å². The van der Waals surface area contributed by atoms with E-state index in [0.717, 1.165) is 18.6 Å². The average Bonchev–Trinajstić information content (AvgIpc) is 2.38. The zero-order valence-electron chi connectivity index (χ0n) is 10.7. The normalized spacial score (nSPS) is 12.2. The van der Waals surface area contributed by atoms with E-state index in [-0.39, 0.29) is 6.04 Å². The van der Waals surface area contributed by atoms with E-state index in [2.05, 4.69) is 6.92 Å². The van der Waals surface area contributed by atoms with Gasteiger partial charge in [-0.1, -0.05) is 13.0 Å². The molecule has 2 N–H and O–H groups in total. The van der Waals surface area contributed by atoms with Gasteiger partial charge < -0.3 is 19.9 Å². The van der Waals surface area contributed by atoms with Crippen molar-refractivity contribution >= 4 is 0 Å². The number of benzene rings is 1. The lowest BCUT2D eigenvalue weighted by Crippen LogP contribution is -2.17. The first-order chi connectivity index (χ1) is 8.22. The highest BCUT2D eigenvalue weighted by molar-refractivity contribution is 5.43. The van der Waals surface area contributed by atoms with Crippen LogP contribution in [-0.4, -0.2) is 27.4 Å². The third-order valence-corrected chi connectivity index (χ3v) is 2.48. The number of hydrogen-bond donors (Lipinski definition) is 1. The molecule has 0 aliphatic rings. The summed E-state index contributed by atoms with van der Waals surface area (Å²) < 4.78 is 15.8. The van der Waals surface area contributed by atoms with E-state index < -0.39 is 0 Å². The van der Waals surface area contributed by atoms with Gasteiger partial charge in [0, 0.05) is 6.61 Å². The molecule has 4 nitrogen and oxygen atoms in total. The molecule has 96 valence electrons. The highest BCUT2D eigenvalue weighted by atomic mass is 16.5. The lowest BCUT2D eigenvalue weighted by Gasteiger charge is -2.15. The van der Waals surface area contributed by atoms with Gasteiger partial charge in [-0.05, 0) is 24.1 Å². The largest absolute Gasteiger partial charge is 0.493 e. The molecule has 0 amide bonds. The van der Waals surface area contributed by atoms with E-state index in [9.17, 15) is 0 Å². The molecule has 4 heteroatoms. The summed E-state index contributed by atoms with van der Waals surface area (Å²) in [5.41, 5.74) is 7.01. The summed E-state index contributed by atoms with van der Waals surface area (Å²) in [7, 11) is 3.22. The predicted molar refractivity (Wildman–Crippen MR) is 67.6 cm³/mol. The fourth-order valence-electron chi connectivity index (χ4n) is 1.53. The Morgan fingerprint density at radius 1 is 1.18 bits per heavy atom. The molecule has 1 aromatic rings. The fraction of sp³-hybridized carbons (Fsp3) is 0.538. The van der Waals surface area contributed by atoms with Crippen LogP contribution in [0, 0.1) is 0 Å². The van der Waals surface area contributed by atoms with Crippen LogP contribution in [0.5, 0.6) is 11.5 Å². The Kier molecular flexibility index (Phi) is 5.80. The summed E-state index contributed by atoms with van der Waals surface area (Å²) in [5.74, 6) is 1.40. The second-order valence-corrected chi connectivity index (χ2v) is 3.80. The first-order valence-corrected chi connectivity index (χ1v) is 5.78. The predicted octanol–water partition coefficient (Wildman–Crippen LogP) is 2.13. The van der Waals surface area contributed by atoms with Gasteiger partial charge in [0.1, 0.15) is 0 Å². The summed E-state index contributed by atoms with van der Waals surface area (Å²) in [6.07, 6.45) is 0.999. The van der Waals surface area contributed by atoms with Crippen LogP contribution in [0.4, 0.5) is 0 Å². The van der Waals surface area contributed by atoms with E-state index in [1.54, 1.807) is 14.2 Å². The van der Waals surface area contributed by atoms with Crippen LogP contribution in [0.1, 0.15) is 24.9 Å². The maximum atomic E-state index is 6.03. The van der Waals surface area contributed by atoms with E-state index in [1.165, 1.54) is 0 Å². The van der Waals surface area contributed by atoms with E-state index in [0.29, 0.717) is 18.1 Å². The van der Waals surface area contributed by atoms with Gasteiger partial charge in [-0.25, -0.2) is 0 Å². The molecule has 1 aromatic carbocycles. The van der Waals surface area contributed by atoms with Crippen LogP contribution < -0.4 is 15.2 Å². The zero-order chi connectivity index (χ0) is 12.7. The van der Waals surface area contributed by atoms with Gasteiger partial charge in [0.25, 0.3) is 0 Å². The van der Waals surface area contributed by atoms with Gasteiger partial charge in [0.15, 0.2) is 11.5 Å². The third kappa shape index (κ3) is 3.91. The van der Waals surface area contributed by atoms with Crippen molar-refractivity contribution in [1.29, 1.82) is 0 Å². The highest BCUT2D eigenvalue weighted by Crippen LogP contribution is 2.29. The minimum absolute atomic E-state index is 0.138. The second-order valence-electron chi connectivity index (χ2n) is 3.80. The second kappa shape index (κ2) is 7.14. The number of methoxy groups -OCH3 is 2. The molecule has 0 saturated carbocycles. The number of nitrogens with two attached hydrogens (primary N) is 1. The molecule has 0 heterocycles. The summed E-state index contributed by atoms with van der Waals surface area (Å²) in [4.78, 5) is 0. The molecule has 0 saturated heterocycles. The van der Waals surface area contributed by atoms with Crippen molar-refractivity contribution in [2.24, 2.45) is 5.73 Å². The number of ether oxygens (including phenoxy) is 3. The smallest absolute Gasteiger partial charge is 0.161 e. The van der Waals surface area contributed by atoms with Gasteiger partial charge in [0.05, 0.1) is 26.9 Å². The zero-order valence-corrected chi connectivity index (χ0v) is 10.7. The lowest BCUT2D eigenvalue weighted by atomic mass is 10.1. The minimum atomic E-state index is -0.138. The Hall–Kier alpha value is -1.26. The van der Waals surface area contributed by atoms with Crippen molar-refractivity contribution in [3.63, 3.8) is 0 Å². The van der Waals surface area contributed by atoms with Crippen molar-refractivity contribution < 1.29 is 14.2 Å². The molecule has 1 atom stereocenters. The summed E-state index contributed by atoms with van der Waals surface area (Å²) in [6.45, 7) is 3.33. The van der Waals surface area contributed by atoms with Crippen molar-refractivity contribution in [3.8, 4) is 11.5 Å². The first-order valence-electron chi connectivity index (χ1n) is 5.78. The molecule has 0 aliphatic heterocycles. The van der Waals surface area contributed by atoms with Crippen molar-refractivity contribution in [1.82, 2.24) is 0 Å². The Morgan fingerprint density at radius 2 is 1.88 bits per heavy atom. The average molecular weight is 239 g/mol. The Labute approximate surface area is 103 Å². The van der Waals surface area contributed by atoms with Crippen molar-refractivity contribution in [3.05, 3.63) is 23.8 Å². The molecule has 1 unspecified atom stereocenters. The van der Waals surface area contributed by atoms with Crippen LogP contribution >= 0.6 is 0 Å². The fourth-order valence-corrected chi connectivity index (χ4v) is 1.53. The molecule has 0 spiro atoms. The van der Waals surface area contributed by atoms with E-state index in [4.69, 9.17) is 19.9 Å². The maximum absolute atomic E-state index is 6.03. The third-order valence-electron chi connectivity index (χ3n) is 2.48. The summed E-state index contributed by atoms with van der Waals surface area (Å²) >= 11 is 0. The first kappa shape index (κ1) is 13.8. The maximum Gasteiger partial charge on any atom is 0.161 e. The van der Waals surface area contributed by atoms with Crippen LogP contribution in [0.15, 0.2) is 18.2 Å². The molecule has 17 heavy (non-hydrogen) atoms. The number of hydrogen-bond acceptors (Lipinski definition) is 4. The van der Waals surface area contributed by atoms with Gasteiger partial charge in [0.2, 0.25) is 0 Å². The molecular formula is C13H21NO3. The van der Waals surface area contributed by atoms with Gasteiger partial charge in [-0.15, -0.1) is 0 Å². The SMILES string of the molecule is CCCOCC(N)c1ccc(OC)c(OC)c1. The molecule has 0 aliphatic carbocycles. The van der Waals surface area contributed by atoms with Gasteiger partial charge in [-0.3, -0.25) is 0 Å². The molecule has 0 aromatic heterocycles. The molecule has 0 radical (unpaired) electrons. The number of rotatable bonds is 7. The van der Waals surface area contributed by atoms with Gasteiger partial charge >= 0.3 is 0 Å². The molecule has 1 rings (SSSR count). The minimum Gasteiger partial charge on any atom is -0.493 e.